The highest BCUT2D eigenvalue weighted by atomic mass is 35.5. The number of halogens is 2. The van der Waals surface area contributed by atoms with E-state index in [4.69, 9.17) is 23.2 Å². The molecule has 0 amide bonds. The molecule has 2 aromatic rings. The van der Waals surface area contributed by atoms with Crippen molar-refractivity contribution < 1.29 is 5.11 Å². The number of aryl methyl sites for hydroxylation is 2. The lowest BCUT2D eigenvalue weighted by molar-refractivity contribution is 0.466. The molecule has 112 valence electrons. The second-order valence-electron chi connectivity index (χ2n) is 5.24. The lowest BCUT2D eigenvalue weighted by Crippen LogP contribution is -2.17. The molecule has 0 saturated carbocycles. The van der Waals surface area contributed by atoms with Crippen LogP contribution in [0.1, 0.15) is 22.3 Å². The van der Waals surface area contributed by atoms with E-state index >= 15 is 0 Å². The van der Waals surface area contributed by atoms with Gasteiger partial charge in [0.1, 0.15) is 5.75 Å². The molecule has 0 saturated heterocycles. The van der Waals surface area contributed by atoms with Gasteiger partial charge >= 0.3 is 0 Å². The van der Waals surface area contributed by atoms with Crippen LogP contribution in [0.25, 0.3) is 0 Å². The third kappa shape index (κ3) is 4.37. The molecule has 0 fully saturated rings. The minimum absolute atomic E-state index is 0.381. The summed E-state index contributed by atoms with van der Waals surface area (Å²) >= 11 is 12.0. The van der Waals surface area contributed by atoms with Gasteiger partial charge in [-0.25, -0.2) is 0 Å². The molecule has 0 aliphatic carbocycles. The number of aromatic hydroxyl groups is 1. The average Bonchev–Trinajstić information content (AvgIpc) is 2.42. The van der Waals surface area contributed by atoms with Crippen LogP contribution >= 0.6 is 23.2 Å². The maximum absolute atomic E-state index is 9.76. The van der Waals surface area contributed by atoms with Gasteiger partial charge in [-0.3, -0.25) is 0 Å². The fourth-order valence-electron chi connectivity index (χ4n) is 2.33. The summed E-state index contributed by atoms with van der Waals surface area (Å²) in [7, 11) is 0. The lowest BCUT2D eigenvalue weighted by Gasteiger charge is -2.10. The van der Waals surface area contributed by atoms with E-state index in [-0.39, 0.29) is 0 Å². The minimum atomic E-state index is 0.381. The van der Waals surface area contributed by atoms with E-state index in [2.05, 4.69) is 5.32 Å². The summed E-state index contributed by atoms with van der Waals surface area (Å²) in [5.41, 5.74) is 4.08. The Morgan fingerprint density at radius 1 is 1.05 bits per heavy atom. The molecule has 0 bridgehead atoms. The quantitative estimate of drug-likeness (QED) is 0.785. The van der Waals surface area contributed by atoms with Crippen molar-refractivity contribution in [1.29, 1.82) is 0 Å². The Bertz CT molecular complexity index is 618. The number of hydrogen-bond donors (Lipinski definition) is 2. The Kier molecular flexibility index (Phi) is 5.51. The summed E-state index contributed by atoms with van der Waals surface area (Å²) in [5.74, 6) is 0.381. The highest BCUT2D eigenvalue weighted by Gasteiger charge is 2.04. The molecule has 0 radical (unpaired) electrons. The lowest BCUT2D eigenvalue weighted by atomic mass is 10.1. The van der Waals surface area contributed by atoms with E-state index in [0.717, 1.165) is 36.2 Å². The van der Waals surface area contributed by atoms with Crippen LogP contribution in [0.4, 0.5) is 0 Å². The van der Waals surface area contributed by atoms with E-state index in [0.29, 0.717) is 15.8 Å². The van der Waals surface area contributed by atoms with Crippen LogP contribution in [0.15, 0.2) is 30.3 Å². The van der Waals surface area contributed by atoms with Crippen molar-refractivity contribution in [2.24, 2.45) is 0 Å². The number of phenols is 1. The molecule has 0 aliphatic heterocycles. The van der Waals surface area contributed by atoms with Crippen molar-refractivity contribution in [3.8, 4) is 5.75 Å². The van der Waals surface area contributed by atoms with Gasteiger partial charge in [0, 0.05) is 16.6 Å². The van der Waals surface area contributed by atoms with Crippen LogP contribution in [-0.2, 0) is 13.0 Å². The Balaban J connectivity index is 1.87. The number of rotatable bonds is 5. The molecular weight excluding hydrogens is 305 g/mol. The molecule has 0 atom stereocenters. The number of benzene rings is 2. The third-order valence-corrected chi connectivity index (χ3v) is 4.05. The summed E-state index contributed by atoms with van der Waals surface area (Å²) in [4.78, 5) is 0. The smallest absolute Gasteiger partial charge is 0.121 e. The highest BCUT2D eigenvalue weighted by Crippen LogP contribution is 2.23. The molecule has 2 rings (SSSR count). The first-order valence-electron chi connectivity index (χ1n) is 6.91. The first kappa shape index (κ1) is 16.2. The van der Waals surface area contributed by atoms with Crippen LogP contribution in [0.2, 0.25) is 10.0 Å². The molecule has 0 aromatic heterocycles. The van der Waals surface area contributed by atoms with Crippen LogP contribution in [0.5, 0.6) is 5.75 Å². The maximum Gasteiger partial charge on any atom is 0.121 e. The van der Waals surface area contributed by atoms with Crippen LogP contribution < -0.4 is 5.32 Å². The van der Waals surface area contributed by atoms with Gasteiger partial charge in [0.25, 0.3) is 0 Å². The largest absolute Gasteiger partial charge is 0.507 e. The van der Waals surface area contributed by atoms with Gasteiger partial charge in [0.2, 0.25) is 0 Å². The van der Waals surface area contributed by atoms with Crippen molar-refractivity contribution in [3.05, 3.63) is 62.6 Å². The Morgan fingerprint density at radius 3 is 2.33 bits per heavy atom. The van der Waals surface area contributed by atoms with Crippen molar-refractivity contribution >= 4 is 23.2 Å². The van der Waals surface area contributed by atoms with E-state index in [1.807, 2.05) is 38.1 Å². The van der Waals surface area contributed by atoms with Gasteiger partial charge in [-0.05, 0) is 61.2 Å². The number of phenolic OH excluding ortho intramolecular Hbond substituents is 1. The zero-order chi connectivity index (χ0) is 15.4. The van der Waals surface area contributed by atoms with Crippen LogP contribution in [0, 0.1) is 13.8 Å². The average molecular weight is 324 g/mol. The molecular formula is C17H19Cl2NO. The number of nitrogens with one attached hydrogen (secondary N) is 1. The second kappa shape index (κ2) is 7.17. The van der Waals surface area contributed by atoms with Crippen molar-refractivity contribution in [1.82, 2.24) is 5.32 Å². The predicted octanol–water partition coefficient (Wildman–Crippen LogP) is 4.65. The van der Waals surface area contributed by atoms with Gasteiger partial charge in [-0.1, -0.05) is 41.4 Å². The topological polar surface area (TPSA) is 32.3 Å². The summed E-state index contributed by atoms with van der Waals surface area (Å²) in [6.45, 7) is 5.44. The van der Waals surface area contributed by atoms with Gasteiger partial charge in [0.15, 0.2) is 0 Å². The van der Waals surface area contributed by atoms with Gasteiger partial charge in [-0.2, -0.15) is 0 Å². The Morgan fingerprint density at radius 2 is 1.71 bits per heavy atom. The molecule has 2 nitrogen and oxygen atoms in total. The van der Waals surface area contributed by atoms with E-state index in [9.17, 15) is 5.11 Å². The van der Waals surface area contributed by atoms with Crippen LogP contribution in [0.3, 0.4) is 0 Å². The van der Waals surface area contributed by atoms with Gasteiger partial charge in [0.05, 0.1) is 0 Å². The molecule has 0 unspecified atom stereocenters. The van der Waals surface area contributed by atoms with E-state index in [1.54, 1.807) is 6.07 Å². The summed E-state index contributed by atoms with van der Waals surface area (Å²) in [6.07, 6.45) is 0.853. The third-order valence-electron chi connectivity index (χ3n) is 3.47. The zero-order valence-corrected chi connectivity index (χ0v) is 13.7. The molecule has 0 heterocycles. The van der Waals surface area contributed by atoms with Crippen molar-refractivity contribution in [3.63, 3.8) is 0 Å². The number of hydrogen-bond acceptors (Lipinski definition) is 2. The normalized spacial score (nSPS) is 10.9. The van der Waals surface area contributed by atoms with Gasteiger partial charge in [-0.15, -0.1) is 0 Å². The summed E-state index contributed by atoms with van der Waals surface area (Å²) < 4.78 is 0. The monoisotopic (exact) mass is 323 g/mol. The minimum Gasteiger partial charge on any atom is -0.507 e. The maximum atomic E-state index is 9.76. The fourth-order valence-corrected chi connectivity index (χ4v) is 2.83. The molecule has 4 heteroatoms. The summed E-state index contributed by atoms with van der Waals surface area (Å²) in [6, 6.07) is 9.59. The van der Waals surface area contributed by atoms with Crippen molar-refractivity contribution in [2.45, 2.75) is 26.8 Å². The van der Waals surface area contributed by atoms with Gasteiger partial charge < -0.3 is 10.4 Å². The molecule has 2 aromatic carbocycles. The van der Waals surface area contributed by atoms with Crippen LogP contribution in [-0.4, -0.2) is 11.7 Å². The zero-order valence-electron chi connectivity index (χ0n) is 12.2. The molecule has 2 N–H and O–H groups in total. The Hall–Kier alpha value is -1.22. The molecule has 0 aliphatic rings. The Labute approximate surface area is 135 Å². The molecule has 21 heavy (non-hydrogen) atoms. The van der Waals surface area contributed by atoms with E-state index < -0.39 is 0 Å². The highest BCUT2D eigenvalue weighted by molar-refractivity contribution is 6.35. The summed E-state index contributed by atoms with van der Waals surface area (Å²) in [5, 5.41) is 14.5. The first-order valence-corrected chi connectivity index (χ1v) is 7.66. The van der Waals surface area contributed by atoms with Crippen molar-refractivity contribution in [2.75, 3.05) is 6.54 Å². The fraction of sp³-hybridized carbons (Fsp3) is 0.294. The SMILES string of the molecule is Cc1cc(CNCCc2ccc(Cl)cc2Cl)cc(C)c1O. The predicted molar refractivity (Wildman–Crippen MR) is 89.5 cm³/mol. The second-order valence-corrected chi connectivity index (χ2v) is 6.08. The van der Waals surface area contributed by atoms with E-state index in [1.165, 1.54) is 5.56 Å². The standard InChI is InChI=1S/C17H19Cl2NO/c1-11-7-13(8-12(2)17(11)21)10-20-6-5-14-3-4-15(18)9-16(14)19/h3-4,7-9,20-21H,5-6,10H2,1-2H3. The molecule has 0 spiro atoms. The first-order chi connectivity index (χ1) is 9.97.